The highest BCUT2D eigenvalue weighted by molar-refractivity contribution is 5.95. The maximum Gasteiger partial charge on any atom is 0.162 e. The fourth-order valence-electron chi connectivity index (χ4n) is 2.85. The molecule has 0 fully saturated rings. The molecule has 2 rings (SSSR count). The zero-order chi connectivity index (χ0) is 18.9. The molecule has 26 heavy (non-hydrogen) atoms. The van der Waals surface area contributed by atoms with Crippen molar-refractivity contribution in [3.05, 3.63) is 65.7 Å². The minimum absolute atomic E-state index is 0.112. The molecule has 4 heteroatoms. The summed E-state index contributed by atoms with van der Waals surface area (Å²) in [5.41, 5.74) is 1.90. The summed E-state index contributed by atoms with van der Waals surface area (Å²) in [6, 6.07) is 17.5. The van der Waals surface area contributed by atoms with E-state index in [1.54, 1.807) is 24.3 Å². The summed E-state index contributed by atoms with van der Waals surface area (Å²) in [5, 5.41) is 13.7. The van der Waals surface area contributed by atoms with Gasteiger partial charge in [-0.05, 0) is 35.7 Å². The maximum absolute atomic E-state index is 11.6. The van der Waals surface area contributed by atoms with Crippen LogP contribution in [0.2, 0.25) is 0 Å². The van der Waals surface area contributed by atoms with Gasteiger partial charge >= 0.3 is 0 Å². The lowest BCUT2D eigenvalue weighted by Crippen LogP contribution is -2.35. The van der Waals surface area contributed by atoms with Crippen LogP contribution in [-0.2, 0) is 0 Å². The van der Waals surface area contributed by atoms with Crippen LogP contribution >= 0.6 is 0 Å². The Kier molecular flexibility index (Phi) is 7.82. The highest BCUT2D eigenvalue weighted by atomic mass is 16.5. The number of ether oxygens (including phenoxy) is 1. The third kappa shape index (κ3) is 5.97. The first kappa shape index (κ1) is 20.1. The summed E-state index contributed by atoms with van der Waals surface area (Å²) in [5.74, 6) is 1.18. The summed E-state index contributed by atoms with van der Waals surface area (Å²) in [6.07, 6.45) is -0.125. The highest BCUT2D eigenvalue weighted by Gasteiger charge is 2.16. The Balaban J connectivity index is 1.82. The molecular weight excluding hydrogens is 326 g/mol. The molecule has 2 aromatic rings. The first-order valence-corrected chi connectivity index (χ1v) is 9.23. The lowest BCUT2D eigenvalue weighted by atomic mass is 9.96. The maximum atomic E-state index is 11.6. The van der Waals surface area contributed by atoms with Crippen LogP contribution in [0.4, 0.5) is 0 Å². The van der Waals surface area contributed by atoms with Crippen molar-refractivity contribution < 1.29 is 14.6 Å². The van der Waals surface area contributed by atoms with E-state index in [-0.39, 0.29) is 18.4 Å². The molecule has 0 spiro atoms. The smallest absolute Gasteiger partial charge is 0.162 e. The molecule has 0 bridgehead atoms. The van der Waals surface area contributed by atoms with Gasteiger partial charge in [-0.3, -0.25) is 4.79 Å². The molecule has 2 unspecified atom stereocenters. The number of hydrogen-bond donors (Lipinski definition) is 2. The van der Waals surface area contributed by atoms with E-state index in [4.69, 9.17) is 4.74 Å². The van der Waals surface area contributed by atoms with Crippen molar-refractivity contribution in [3.63, 3.8) is 0 Å². The van der Waals surface area contributed by atoms with Crippen LogP contribution in [0.15, 0.2) is 54.6 Å². The Morgan fingerprint density at radius 1 is 1.08 bits per heavy atom. The van der Waals surface area contributed by atoms with E-state index in [0.717, 1.165) is 0 Å². The summed E-state index contributed by atoms with van der Waals surface area (Å²) in [7, 11) is 0. The number of rotatable bonds is 10. The van der Waals surface area contributed by atoms with E-state index in [2.05, 4.69) is 31.3 Å². The highest BCUT2D eigenvalue weighted by Crippen LogP contribution is 2.21. The second-order valence-corrected chi connectivity index (χ2v) is 6.81. The average molecular weight is 355 g/mol. The zero-order valence-electron chi connectivity index (χ0n) is 15.8. The molecule has 0 aliphatic carbocycles. The van der Waals surface area contributed by atoms with Crippen LogP contribution in [0.1, 0.15) is 49.2 Å². The van der Waals surface area contributed by atoms with Crippen molar-refractivity contribution in [2.75, 3.05) is 13.2 Å². The molecule has 4 nitrogen and oxygen atoms in total. The lowest BCUT2D eigenvalue weighted by molar-refractivity contribution is 0.0984. The summed E-state index contributed by atoms with van der Waals surface area (Å²) in [6.45, 7) is 6.81. The SMILES string of the molecule is CCC(=O)c1ccc(OCC(O)CNC(c2ccccc2)C(C)C)cc1. The third-order valence-electron chi connectivity index (χ3n) is 4.34. The number of aliphatic hydroxyl groups is 1. The molecule has 2 N–H and O–H groups in total. The van der Waals surface area contributed by atoms with E-state index >= 15 is 0 Å². The predicted molar refractivity (Wildman–Crippen MR) is 105 cm³/mol. The van der Waals surface area contributed by atoms with Gasteiger partial charge in [-0.1, -0.05) is 51.1 Å². The molecule has 2 atom stereocenters. The number of benzene rings is 2. The van der Waals surface area contributed by atoms with Gasteiger partial charge in [-0.25, -0.2) is 0 Å². The van der Waals surface area contributed by atoms with Crippen molar-refractivity contribution in [3.8, 4) is 5.75 Å². The van der Waals surface area contributed by atoms with Gasteiger partial charge in [0, 0.05) is 24.6 Å². The van der Waals surface area contributed by atoms with Gasteiger partial charge in [0.1, 0.15) is 18.5 Å². The number of ketones is 1. The van der Waals surface area contributed by atoms with Crippen LogP contribution in [0.25, 0.3) is 0 Å². The van der Waals surface area contributed by atoms with E-state index in [9.17, 15) is 9.90 Å². The van der Waals surface area contributed by atoms with Gasteiger partial charge in [0.25, 0.3) is 0 Å². The summed E-state index contributed by atoms with van der Waals surface area (Å²) in [4.78, 5) is 11.6. The third-order valence-corrected chi connectivity index (χ3v) is 4.34. The average Bonchev–Trinajstić information content (AvgIpc) is 2.67. The minimum atomic E-state index is -0.614. The van der Waals surface area contributed by atoms with Crippen LogP contribution in [0.5, 0.6) is 5.75 Å². The van der Waals surface area contributed by atoms with Crippen molar-refractivity contribution in [1.29, 1.82) is 0 Å². The second kappa shape index (κ2) is 10.1. The molecule has 0 aliphatic rings. The van der Waals surface area contributed by atoms with Gasteiger partial charge in [-0.15, -0.1) is 0 Å². The molecule has 0 heterocycles. The van der Waals surface area contributed by atoms with E-state index in [1.807, 2.05) is 25.1 Å². The number of carbonyl (C=O) groups is 1. The monoisotopic (exact) mass is 355 g/mol. The van der Waals surface area contributed by atoms with E-state index in [1.165, 1.54) is 5.56 Å². The largest absolute Gasteiger partial charge is 0.491 e. The molecule has 0 aromatic heterocycles. The van der Waals surface area contributed by atoms with Crippen LogP contribution in [0.3, 0.4) is 0 Å². The first-order valence-electron chi connectivity index (χ1n) is 9.23. The molecule has 0 saturated carbocycles. The molecule has 0 aliphatic heterocycles. The fourth-order valence-corrected chi connectivity index (χ4v) is 2.85. The molecule has 2 aromatic carbocycles. The van der Waals surface area contributed by atoms with Gasteiger partial charge in [0.2, 0.25) is 0 Å². The Bertz CT molecular complexity index is 668. The number of carbonyl (C=O) groups excluding carboxylic acids is 1. The normalized spacial score (nSPS) is 13.4. The quantitative estimate of drug-likeness (QED) is 0.632. The second-order valence-electron chi connectivity index (χ2n) is 6.81. The van der Waals surface area contributed by atoms with Crippen LogP contribution < -0.4 is 10.1 Å². The Morgan fingerprint density at radius 3 is 2.31 bits per heavy atom. The number of nitrogens with one attached hydrogen (secondary N) is 1. The fraction of sp³-hybridized carbons (Fsp3) is 0.409. The Labute approximate surface area is 156 Å². The summed E-state index contributed by atoms with van der Waals surface area (Å²) >= 11 is 0. The Morgan fingerprint density at radius 2 is 1.73 bits per heavy atom. The molecular formula is C22H29NO3. The number of aliphatic hydroxyl groups excluding tert-OH is 1. The minimum Gasteiger partial charge on any atom is -0.491 e. The number of hydrogen-bond acceptors (Lipinski definition) is 4. The zero-order valence-corrected chi connectivity index (χ0v) is 15.8. The van der Waals surface area contributed by atoms with Crippen molar-refractivity contribution >= 4 is 5.78 Å². The van der Waals surface area contributed by atoms with Gasteiger partial charge < -0.3 is 15.2 Å². The predicted octanol–water partition coefficient (Wildman–Crippen LogP) is 4.01. The number of Topliss-reactive ketones (excluding diaryl/α,β-unsaturated/α-hetero) is 1. The first-order chi connectivity index (χ1) is 12.5. The Hall–Kier alpha value is -2.17. The van der Waals surface area contributed by atoms with E-state index < -0.39 is 6.10 Å². The molecule has 0 radical (unpaired) electrons. The molecule has 0 saturated heterocycles. The molecule has 0 amide bonds. The van der Waals surface area contributed by atoms with Crippen molar-refractivity contribution in [2.45, 2.75) is 39.3 Å². The topological polar surface area (TPSA) is 58.6 Å². The standard InChI is InChI=1S/C22H29NO3/c1-4-21(25)17-10-12-20(13-11-17)26-15-19(24)14-23-22(16(2)3)18-8-6-5-7-9-18/h5-13,16,19,22-24H,4,14-15H2,1-3H3. The van der Waals surface area contributed by atoms with Crippen LogP contribution in [-0.4, -0.2) is 30.1 Å². The van der Waals surface area contributed by atoms with Gasteiger partial charge in [0.05, 0.1) is 0 Å². The van der Waals surface area contributed by atoms with Crippen molar-refractivity contribution in [1.82, 2.24) is 5.32 Å². The van der Waals surface area contributed by atoms with Crippen molar-refractivity contribution in [2.24, 2.45) is 5.92 Å². The van der Waals surface area contributed by atoms with Gasteiger partial charge in [0.15, 0.2) is 5.78 Å². The van der Waals surface area contributed by atoms with E-state index in [0.29, 0.717) is 30.2 Å². The van der Waals surface area contributed by atoms with Crippen LogP contribution in [0, 0.1) is 5.92 Å². The van der Waals surface area contributed by atoms with Gasteiger partial charge in [-0.2, -0.15) is 0 Å². The lowest BCUT2D eigenvalue weighted by Gasteiger charge is -2.24. The molecule has 140 valence electrons. The summed E-state index contributed by atoms with van der Waals surface area (Å²) < 4.78 is 5.63.